The van der Waals surface area contributed by atoms with Crippen LogP contribution in [0, 0.1) is 23.7 Å². The molecule has 0 aromatic rings. The summed E-state index contributed by atoms with van der Waals surface area (Å²) in [6, 6.07) is 0. The van der Waals surface area contributed by atoms with Crippen molar-refractivity contribution in [2.24, 2.45) is 17.3 Å². The van der Waals surface area contributed by atoms with Gasteiger partial charge in [-0.1, -0.05) is 6.42 Å². The fourth-order valence-corrected chi connectivity index (χ4v) is 6.48. The Morgan fingerprint density at radius 1 is 1.36 bits per heavy atom. The monoisotopic (exact) mass is 324 g/mol. The van der Waals surface area contributed by atoms with E-state index in [2.05, 4.69) is 6.42 Å². The number of fused-ring (bicyclic) bond motifs is 1. The minimum atomic E-state index is -3.49. The van der Waals surface area contributed by atoms with Gasteiger partial charge in [0.1, 0.15) is 5.70 Å². The number of hydrogen-bond acceptors (Lipinski definition) is 4. The van der Waals surface area contributed by atoms with Crippen molar-refractivity contribution in [1.82, 2.24) is 4.90 Å². The van der Waals surface area contributed by atoms with Crippen molar-refractivity contribution in [2.45, 2.75) is 37.5 Å². The van der Waals surface area contributed by atoms with Gasteiger partial charge in [0.2, 0.25) is 5.91 Å². The molecule has 7 heteroatoms. The van der Waals surface area contributed by atoms with Gasteiger partial charge in [-0.05, 0) is 49.5 Å². The van der Waals surface area contributed by atoms with E-state index in [9.17, 15) is 23.1 Å². The molecule has 0 spiro atoms. The number of nitrogens with zero attached hydrogens (tertiary/aromatic N) is 1. The summed E-state index contributed by atoms with van der Waals surface area (Å²) in [6.45, 7) is 0. The fraction of sp³-hybridized carbons (Fsp3) is 0.667. The zero-order chi connectivity index (χ0) is 15.7. The van der Waals surface area contributed by atoms with E-state index in [-0.39, 0.29) is 22.8 Å². The molecular formula is C15H18NO5S. The van der Waals surface area contributed by atoms with E-state index in [4.69, 9.17) is 0 Å². The second-order valence-corrected chi connectivity index (χ2v) is 8.95. The van der Waals surface area contributed by atoms with Crippen molar-refractivity contribution in [3.63, 3.8) is 0 Å². The van der Waals surface area contributed by atoms with Gasteiger partial charge in [0.05, 0.1) is 11.7 Å². The van der Waals surface area contributed by atoms with Crippen molar-refractivity contribution in [3.8, 4) is 0 Å². The van der Waals surface area contributed by atoms with Crippen LogP contribution >= 0.6 is 0 Å². The summed E-state index contributed by atoms with van der Waals surface area (Å²) in [7, 11) is -3.49. The van der Waals surface area contributed by atoms with Crippen molar-refractivity contribution in [3.05, 3.63) is 18.2 Å². The van der Waals surface area contributed by atoms with Gasteiger partial charge in [-0.15, -0.1) is 0 Å². The predicted octanol–water partition coefficient (Wildman–Crippen LogP) is 0.952. The molecule has 1 amide bonds. The minimum Gasteiger partial charge on any atom is -0.477 e. The molecule has 119 valence electrons. The summed E-state index contributed by atoms with van der Waals surface area (Å²) in [4.78, 5) is 24.9. The Labute approximate surface area is 129 Å². The van der Waals surface area contributed by atoms with Crippen LogP contribution in [0.3, 0.4) is 0 Å². The van der Waals surface area contributed by atoms with E-state index in [1.54, 1.807) is 0 Å². The van der Waals surface area contributed by atoms with Crippen LogP contribution in [0.5, 0.6) is 0 Å². The summed E-state index contributed by atoms with van der Waals surface area (Å²) in [6.07, 6.45) is 8.24. The SMILES string of the molecule is O=C(O)C1=CCS(=O)(=O)[C@H]2C(C3(C4[CH]CCC4)CC3)C(=O)N12. The van der Waals surface area contributed by atoms with Crippen LogP contribution < -0.4 is 0 Å². The number of hydrogen-bond donors (Lipinski definition) is 1. The molecule has 0 bridgehead atoms. The Balaban J connectivity index is 1.71. The van der Waals surface area contributed by atoms with Crippen molar-refractivity contribution in [1.29, 1.82) is 0 Å². The molecule has 3 atom stereocenters. The third kappa shape index (κ3) is 1.68. The van der Waals surface area contributed by atoms with Crippen LogP contribution in [-0.4, -0.2) is 41.4 Å². The smallest absolute Gasteiger partial charge is 0.352 e. The molecule has 2 heterocycles. The third-order valence-corrected chi connectivity index (χ3v) is 7.60. The van der Waals surface area contributed by atoms with E-state index in [0.29, 0.717) is 5.92 Å². The van der Waals surface area contributed by atoms with E-state index < -0.39 is 27.1 Å². The number of carboxylic acids is 1. The maximum absolute atomic E-state index is 12.6. The molecule has 3 fully saturated rings. The Morgan fingerprint density at radius 3 is 2.64 bits per heavy atom. The van der Waals surface area contributed by atoms with E-state index in [1.807, 2.05) is 0 Å². The molecular weight excluding hydrogens is 306 g/mol. The molecule has 1 saturated heterocycles. The van der Waals surface area contributed by atoms with Crippen molar-refractivity contribution < 1.29 is 23.1 Å². The Morgan fingerprint density at radius 2 is 2.09 bits per heavy atom. The summed E-state index contributed by atoms with van der Waals surface area (Å²) in [5.74, 6) is -2.09. The Kier molecular flexibility index (Phi) is 2.81. The highest BCUT2D eigenvalue weighted by molar-refractivity contribution is 7.92. The van der Waals surface area contributed by atoms with E-state index >= 15 is 0 Å². The Bertz CT molecular complexity index is 685. The normalized spacial score (nSPS) is 35.5. The zero-order valence-electron chi connectivity index (χ0n) is 12.1. The first-order chi connectivity index (χ1) is 10.4. The molecule has 1 radical (unpaired) electrons. The fourth-order valence-electron chi connectivity index (χ4n) is 4.55. The maximum Gasteiger partial charge on any atom is 0.352 e. The number of aliphatic carboxylic acids is 1. The molecule has 0 aromatic heterocycles. The number of carbonyl (C=O) groups excluding carboxylic acids is 1. The van der Waals surface area contributed by atoms with Gasteiger partial charge in [0.25, 0.3) is 0 Å². The summed E-state index contributed by atoms with van der Waals surface area (Å²) in [5.41, 5.74) is -0.407. The molecule has 6 nitrogen and oxygen atoms in total. The van der Waals surface area contributed by atoms with Crippen molar-refractivity contribution in [2.75, 3.05) is 5.75 Å². The molecule has 2 aliphatic carbocycles. The lowest BCUT2D eigenvalue weighted by molar-refractivity contribution is -0.158. The lowest BCUT2D eigenvalue weighted by Crippen LogP contribution is -2.69. The number of rotatable bonds is 3. The first-order valence-electron chi connectivity index (χ1n) is 7.70. The second-order valence-electron chi connectivity index (χ2n) is 6.81. The van der Waals surface area contributed by atoms with Crippen LogP contribution in [0.4, 0.5) is 0 Å². The highest BCUT2D eigenvalue weighted by atomic mass is 32.2. The van der Waals surface area contributed by atoms with Crippen LogP contribution in [-0.2, 0) is 19.4 Å². The topological polar surface area (TPSA) is 91.7 Å². The molecule has 4 aliphatic rings. The predicted molar refractivity (Wildman–Crippen MR) is 76.9 cm³/mol. The Hall–Kier alpha value is -1.37. The van der Waals surface area contributed by atoms with Crippen LogP contribution in [0.25, 0.3) is 0 Å². The maximum atomic E-state index is 12.6. The van der Waals surface area contributed by atoms with Gasteiger partial charge in [-0.25, -0.2) is 13.2 Å². The molecule has 2 unspecified atom stereocenters. The van der Waals surface area contributed by atoms with Gasteiger partial charge in [-0.2, -0.15) is 0 Å². The average Bonchev–Trinajstić information content (AvgIpc) is 3.02. The quantitative estimate of drug-likeness (QED) is 0.781. The highest BCUT2D eigenvalue weighted by Gasteiger charge is 2.70. The second kappa shape index (κ2) is 4.34. The number of carboxylic acid groups (broad SMARTS) is 1. The van der Waals surface area contributed by atoms with Crippen LogP contribution in [0.1, 0.15) is 32.1 Å². The number of amides is 1. The molecule has 2 saturated carbocycles. The highest BCUT2D eigenvalue weighted by Crippen LogP contribution is 2.66. The van der Waals surface area contributed by atoms with Gasteiger partial charge in [0.15, 0.2) is 15.2 Å². The standard InChI is InChI=1S/C15H18NO5S/c17-12-11(15(6-7-15)9-3-1-2-4-9)13-16(12)10(14(18)19)5-8-22(13,20)21/h3,5,9,11,13H,1-2,4,6-8H2,(H,18,19)/t9?,11?,13-/m0/s1. The third-order valence-electron chi connectivity index (χ3n) is 5.75. The molecule has 2 aliphatic heterocycles. The van der Waals surface area contributed by atoms with Gasteiger partial charge in [-0.3, -0.25) is 9.69 Å². The number of sulfone groups is 1. The number of β-lactam (4-membered cyclic amide) rings is 1. The lowest BCUT2D eigenvalue weighted by Gasteiger charge is -2.52. The minimum absolute atomic E-state index is 0.174. The first kappa shape index (κ1) is 14.2. The number of carbonyl (C=O) groups is 2. The van der Waals surface area contributed by atoms with Gasteiger partial charge >= 0.3 is 5.97 Å². The zero-order valence-corrected chi connectivity index (χ0v) is 12.9. The van der Waals surface area contributed by atoms with Crippen LogP contribution in [0.15, 0.2) is 11.8 Å². The summed E-state index contributed by atoms with van der Waals surface area (Å²) < 4.78 is 24.8. The molecule has 1 N–H and O–H groups in total. The van der Waals surface area contributed by atoms with E-state index in [0.717, 1.165) is 43.1 Å². The molecule has 22 heavy (non-hydrogen) atoms. The molecule has 0 aromatic carbocycles. The first-order valence-corrected chi connectivity index (χ1v) is 9.41. The van der Waals surface area contributed by atoms with Crippen molar-refractivity contribution >= 4 is 21.7 Å². The van der Waals surface area contributed by atoms with Gasteiger partial charge < -0.3 is 5.11 Å². The van der Waals surface area contributed by atoms with E-state index in [1.165, 1.54) is 0 Å². The van der Waals surface area contributed by atoms with Gasteiger partial charge in [0, 0.05) is 0 Å². The summed E-state index contributed by atoms with van der Waals surface area (Å²) in [5, 5.41) is 8.24. The lowest BCUT2D eigenvalue weighted by atomic mass is 9.72. The average molecular weight is 324 g/mol. The summed E-state index contributed by atoms with van der Waals surface area (Å²) >= 11 is 0. The van der Waals surface area contributed by atoms with Crippen LogP contribution in [0.2, 0.25) is 0 Å². The largest absolute Gasteiger partial charge is 0.477 e. The molecule has 4 rings (SSSR count).